The Morgan fingerprint density at radius 1 is 0.816 bits per heavy atom. The molecule has 0 radical (unpaired) electrons. The second-order valence-electron chi connectivity index (χ2n) is 8.46. The van der Waals surface area contributed by atoms with Gasteiger partial charge in [-0.1, -0.05) is 58.4 Å². The van der Waals surface area contributed by atoms with Crippen molar-refractivity contribution in [2.24, 2.45) is 0 Å². The summed E-state index contributed by atoms with van der Waals surface area (Å²) in [5.74, 6) is -0.915. The van der Waals surface area contributed by atoms with E-state index >= 15 is 0 Å². The van der Waals surface area contributed by atoms with Gasteiger partial charge >= 0.3 is 5.97 Å². The number of hydrogen-bond acceptors (Lipinski definition) is 6. The van der Waals surface area contributed by atoms with Crippen LogP contribution < -0.4 is 0 Å². The fourth-order valence-corrected chi connectivity index (χ4v) is 4.31. The van der Waals surface area contributed by atoms with Crippen molar-refractivity contribution in [1.82, 2.24) is 4.98 Å². The topological polar surface area (TPSA) is 99.4 Å². The van der Waals surface area contributed by atoms with E-state index in [1.165, 1.54) is 12.1 Å². The molecular formula is C30H19BrN2O5. The molecule has 0 spiro atoms. The predicted octanol–water partition coefficient (Wildman–Crippen LogP) is 7.28. The van der Waals surface area contributed by atoms with E-state index in [4.69, 9.17) is 9.72 Å². The molecule has 0 bridgehead atoms. The highest BCUT2D eigenvalue weighted by Gasteiger charge is 2.16. The molecular weight excluding hydrogens is 548 g/mol. The van der Waals surface area contributed by atoms with Crippen molar-refractivity contribution in [3.05, 3.63) is 129 Å². The number of nitro groups is 1. The number of non-ortho nitro benzene ring substituents is 1. The Morgan fingerprint density at radius 3 is 2.18 bits per heavy atom. The first-order valence-corrected chi connectivity index (χ1v) is 12.4. The van der Waals surface area contributed by atoms with Crippen LogP contribution in [0.1, 0.15) is 20.7 Å². The number of carbonyl (C=O) groups is 2. The highest BCUT2D eigenvalue weighted by Crippen LogP contribution is 2.33. The van der Waals surface area contributed by atoms with Crippen LogP contribution in [0.4, 0.5) is 5.69 Å². The zero-order valence-corrected chi connectivity index (χ0v) is 21.4. The fourth-order valence-electron chi connectivity index (χ4n) is 4.04. The third-order valence-corrected chi connectivity index (χ3v) is 6.53. The monoisotopic (exact) mass is 566 g/mol. The van der Waals surface area contributed by atoms with Crippen LogP contribution in [-0.4, -0.2) is 28.3 Å². The molecule has 0 unspecified atom stereocenters. The van der Waals surface area contributed by atoms with Gasteiger partial charge in [-0.05, 0) is 59.7 Å². The molecule has 0 aliphatic rings. The summed E-state index contributed by atoms with van der Waals surface area (Å²) in [7, 11) is 0. The first kappa shape index (κ1) is 25.0. The van der Waals surface area contributed by atoms with Crippen molar-refractivity contribution >= 4 is 44.3 Å². The third-order valence-electron chi connectivity index (χ3n) is 6.00. The van der Waals surface area contributed by atoms with Gasteiger partial charge in [0, 0.05) is 33.1 Å². The van der Waals surface area contributed by atoms with Gasteiger partial charge in [0.2, 0.25) is 0 Å². The third kappa shape index (κ3) is 5.35. The maximum atomic E-state index is 12.8. The highest BCUT2D eigenvalue weighted by atomic mass is 79.9. The number of Topliss-reactive ketones (excluding diaryl/α,β-unsaturated/α-hetero) is 1. The fraction of sp³-hybridized carbons (Fsp3) is 0.0333. The quantitative estimate of drug-likeness (QED) is 0.0887. The number of rotatable bonds is 7. The molecule has 0 amide bonds. The van der Waals surface area contributed by atoms with Crippen LogP contribution >= 0.6 is 15.9 Å². The van der Waals surface area contributed by atoms with Crippen LogP contribution in [-0.2, 0) is 4.74 Å². The van der Waals surface area contributed by atoms with Crippen LogP contribution in [0.3, 0.4) is 0 Å². The molecule has 186 valence electrons. The second-order valence-corrected chi connectivity index (χ2v) is 9.38. The predicted molar refractivity (Wildman–Crippen MR) is 148 cm³/mol. The number of aromatic nitrogens is 1. The summed E-state index contributed by atoms with van der Waals surface area (Å²) >= 11 is 3.33. The molecule has 0 N–H and O–H groups in total. The number of pyridine rings is 1. The lowest BCUT2D eigenvalue weighted by Gasteiger charge is -2.12. The van der Waals surface area contributed by atoms with Crippen LogP contribution in [0.25, 0.3) is 33.3 Å². The van der Waals surface area contributed by atoms with Crippen LogP contribution in [0.2, 0.25) is 0 Å². The first-order chi connectivity index (χ1) is 18.4. The van der Waals surface area contributed by atoms with E-state index in [0.29, 0.717) is 22.3 Å². The Kier molecular flexibility index (Phi) is 7.06. The largest absolute Gasteiger partial charge is 0.454 e. The van der Waals surface area contributed by atoms with E-state index < -0.39 is 10.9 Å². The summed E-state index contributed by atoms with van der Waals surface area (Å²) in [6, 6.07) is 29.6. The number of ether oxygens (including phenoxy) is 1. The lowest BCUT2D eigenvalue weighted by atomic mass is 9.97. The SMILES string of the molecule is O=C(COC(=O)c1ccc2nc(-c3ccc([N+](=O)[O-])cc3)cc(-c3ccccc3)c2c1)c1ccc(Br)cc1. The van der Waals surface area contributed by atoms with Gasteiger partial charge in [0.05, 0.1) is 21.7 Å². The summed E-state index contributed by atoms with van der Waals surface area (Å²) in [4.78, 5) is 40.6. The van der Waals surface area contributed by atoms with Crippen molar-refractivity contribution in [3.63, 3.8) is 0 Å². The second kappa shape index (κ2) is 10.7. The van der Waals surface area contributed by atoms with Crippen LogP contribution in [0, 0.1) is 10.1 Å². The molecule has 1 heterocycles. The van der Waals surface area contributed by atoms with Crippen LogP contribution in [0.15, 0.2) is 108 Å². The minimum atomic E-state index is -0.615. The molecule has 5 rings (SSSR count). The number of esters is 1. The summed E-state index contributed by atoms with van der Waals surface area (Å²) in [5.41, 5.74) is 4.51. The molecule has 0 saturated heterocycles. The molecule has 38 heavy (non-hydrogen) atoms. The zero-order chi connectivity index (χ0) is 26.6. The van der Waals surface area contributed by atoms with E-state index in [9.17, 15) is 19.7 Å². The molecule has 0 fully saturated rings. The van der Waals surface area contributed by atoms with Crippen molar-refractivity contribution in [2.45, 2.75) is 0 Å². The number of nitro benzene ring substituents is 1. The summed E-state index contributed by atoms with van der Waals surface area (Å²) in [6.45, 7) is -0.374. The Morgan fingerprint density at radius 2 is 1.50 bits per heavy atom. The number of nitrogens with zero attached hydrogens (tertiary/aromatic N) is 2. The first-order valence-electron chi connectivity index (χ1n) is 11.6. The molecule has 1 aromatic heterocycles. The number of hydrogen-bond donors (Lipinski definition) is 0. The highest BCUT2D eigenvalue weighted by molar-refractivity contribution is 9.10. The average Bonchev–Trinajstić information content (AvgIpc) is 2.95. The zero-order valence-electron chi connectivity index (χ0n) is 19.8. The lowest BCUT2D eigenvalue weighted by molar-refractivity contribution is -0.384. The lowest BCUT2D eigenvalue weighted by Crippen LogP contribution is -2.14. The number of ketones is 1. The van der Waals surface area contributed by atoms with E-state index in [2.05, 4.69) is 15.9 Å². The van der Waals surface area contributed by atoms with E-state index in [0.717, 1.165) is 26.5 Å². The molecule has 0 atom stereocenters. The molecule has 7 nitrogen and oxygen atoms in total. The van der Waals surface area contributed by atoms with Gasteiger partial charge in [-0.3, -0.25) is 14.9 Å². The molecule has 8 heteroatoms. The van der Waals surface area contributed by atoms with Gasteiger partial charge in [-0.15, -0.1) is 0 Å². The number of fused-ring (bicyclic) bond motifs is 1. The molecule has 5 aromatic rings. The summed E-state index contributed by atoms with van der Waals surface area (Å²) in [5, 5.41) is 11.8. The van der Waals surface area contributed by atoms with Gasteiger partial charge in [0.1, 0.15) is 0 Å². The smallest absolute Gasteiger partial charge is 0.338 e. The van der Waals surface area contributed by atoms with Gasteiger partial charge in [0.15, 0.2) is 12.4 Å². The maximum Gasteiger partial charge on any atom is 0.338 e. The molecule has 0 aliphatic carbocycles. The van der Waals surface area contributed by atoms with Crippen molar-refractivity contribution in [1.29, 1.82) is 0 Å². The maximum absolute atomic E-state index is 12.8. The van der Waals surface area contributed by atoms with Crippen molar-refractivity contribution in [3.8, 4) is 22.4 Å². The van der Waals surface area contributed by atoms with Gasteiger partial charge in [-0.2, -0.15) is 0 Å². The Balaban J connectivity index is 1.48. The summed E-state index contributed by atoms with van der Waals surface area (Å²) < 4.78 is 6.17. The average molecular weight is 567 g/mol. The van der Waals surface area contributed by atoms with Gasteiger partial charge < -0.3 is 4.74 Å². The van der Waals surface area contributed by atoms with E-state index in [1.807, 2.05) is 36.4 Å². The van der Waals surface area contributed by atoms with Crippen LogP contribution in [0.5, 0.6) is 0 Å². The molecule has 0 saturated carbocycles. The van der Waals surface area contributed by atoms with E-state index in [-0.39, 0.29) is 18.1 Å². The van der Waals surface area contributed by atoms with E-state index in [1.54, 1.807) is 54.6 Å². The summed E-state index contributed by atoms with van der Waals surface area (Å²) in [6.07, 6.45) is 0. The number of halogens is 1. The van der Waals surface area contributed by atoms with Crippen molar-refractivity contribution in [2.75, 3.05) is 6.61 Å². The standard InChI is InChI=1S/C30H19BrN2O5/c31-23-11-6-21(7-12-23)29(34)18-38-30(35)22-10-15-27-26(16-22)25(19-4-2-1-3-5-19)17-28(32-27)20-8-13-24(14-9-20)33(36)37/h1-17H,18H2. The minimum absolute atomic E-state index is 0.000378. The normalized spacial score (nSPS) is 10.8. The Hall–Kier alpha value is -4.69. The Bertz CT molecular complexity index is 1670. The minimum Gasteiger partial charge on any atom is -0.454 e. The van der Waals surface area contributed by atoms with Gasteiger partial charge in [0.25, 0.3) is 5.69 Å². The molecule has 0 aliphatic heterocycles. The van der Waals surface area contributed by atoms with Gasteiger partial charge in [-0.25, -0.2) is 9.78 Å². The van der Waals surface area contributed by atoms with Crippen molar-refractivity contribution < 1.29 is 19.2 Å². The molecule has 4 aromatic carbocycles. The number of benzene rings is 4. The Labute approximate surface area is 226 Å². The number of carbonyl (C=O) groups excluding carboxylic acids is 2.